The summed E-state index contributed by atoms with van der Waals surface area (Å²) >= 11 is 3.41. The molecule has 1 aromatic carbocycles. The molecule has 4 rings (SSSR count). The van der Waals surface area contributed by atoms with Crippen LogP contribution in [0.25, 0.3) is 0 Å². The van der Waals surface area contributed by atoms with Crippen molar-refractivity contribution in [3.8, 4) is 0 Å². The molecule has 152 valence electrons. The van der Waals surface area contributed by atoms with Gasteiger partial charge in [0.25, 0.3) is 0 Å². The summed E-state index contributed by atoms with van der Waals surface area (Å²) in [6, 6.07) is 11.5. The number of nitrogens with one attached hydrogen (secondary N) is 2. The second-order valence-electron chi connectivity index (χ2n) is 7.43. The quantitative estimate of drug-likeness (QED) is 0.729. The van der Waals surface area contributed by atoms with Gasteiger partial charge in [-0.25, -0.2) is 10.9 Å². The van der Waals surface area contributed by atoms with Crippen LogP contribution in [-0.4, -0.2) is 58.8 Å². The fourth-order valence-corrected chi connectivity index (χ4v) is 4.07. The standard InChI is InChI=1S/C21H24BrN5O2/c22-17-5-3-15(4-6-17)12-20(28)26-8-10-27(11-9-26)21(29)19-13-18(24-25-19)16-2-1-7-23-14-16/h1-7,14,18-19,24-25H,8-13H2. The zero-order valence-electron chi connectivity index (χ0n) is 16.1. The van der Waals surface area contributed by atoms with Crippen LogP contribution in [0.1, 0.15) is 23.6 Å². The lowest BCUT2D eigenvalue weighted by Gasteiger charge is -2.36. The summed E-state index contributed by atoms with van der Waals surface area (Å²) in [5.41, 5.74) is 8.38. The predicted molar refractivity (Wildman–Crippen MR) is 113 cm³/mol. The van der Waals surface area contributed by atoms with E-state index < -0.39 is 0 Å². The molecule has 2 atom stereocenters. The van der Waals surface area contributed by atoms with Crippen LogP contribution in [0.3, 0.4) is 0 Å². The second kappa shape index (κ2) is 9.02. The van der Waals surface area contributed by atoms with Crippen LogP contribution in [0.2, 0.25) is 0 Å². The normalized spacial score (nSPS) is 22.0. The van der Waals surface area contributed by atoms with Gasteiger partial charge < -0.3 is 9.80 Å². The molecule has 2 aliphatic heterocycles. The first-order valence-corrected chi connectivity index (χ1v) is 10.6. The first-order valence-electron chi connectivity index (χ1n) is 9.82. The van der Waals surface area contributed by atoms with Crippen LogP contribution in [0.5, 0.6) is 0 Å². The molecule has 2 aromatic rings. The number of carbonyl (C=O) groups excluding carboxylic acids is 2. The smallest absolute Gasteiger partial charge is 0.241 e. The molecule has 2 N–H and O–H groups in total. The van der Waals surface area contributed by atoms with Crippen molar-refractivity contribution in [1.29, 1.82) is 0 Å². The molecule has 0 saturated carbocycles. The molecular formula is C21H24BrN5O2. The van der Waals surface area contributed by atoms with Gasteiger partial charge in [0.15, 0.2) is 0 Å². The number of carbonyl (C=O) groups is 2. The van der Waals surface area contributed by atoms with Gasteiger partial charge >= 0.3 is 0 Å². The Morgan fingerprint density at radius 1 is 1.03 bits per heavy atom. The Morgan fingerprint density at radius 3 is 2.45 bits per heavy atom. The predicted octanol–water partition coefficient (Wildman–Crippen LogP) is 1.67. The minimum atomic E-state index is -0.259. The average molecular weight is 458 g/mol. The molecule has 2 saturated heterocycles. The Kier molecular flexibility index (Phi) is 6.22. The van der Waals surface area contributed by atoms with Crippen molar-refractivity contribution in [2.24, 2.45) is 0 Å². The summed E-state index contributed by atoms with van der Waals surface area (Å²) in [5.74, 6) is 0.195. The molecule has 0 radical (unpaired) electrons. The van der Waals surface area contributed by atoms with Crippen LogP contribution < -0.4 is 10.9 Å². The Labute approximate surface area is 178 Å². The van der Waals surface area contributed by atoms with E-state index in [0.29, 0.717) is 39.0 Å². The molecule has 2 unspecified atom stereocenters. The Morgan fingerprint density at radius 2 is 1.76 bits per heavy atom. The number of benzene rings is 1. The van der Waals surface area contributed by atoms with Crippen molar-refractivity contribution in [1.82, 2.24) is 25.6 Å². The minimum Gasteiger partial charge on any atom is -0.339 e. The van der Waals surface area contributed by atoms with Crippen molar-refractivity contribution in [2.75, 3.05) is 26.2 Å². The number of piperazine rings is 1. The van der Waals surface area contributed by atoms with Gasteiger partial charge in [0.05, 0.1) is 6.42 Å². The van der Waals surface area contributed by atoms with Gasteiger partial charge in [-0.05, 0) is 35.7 Å². The third kappa shape index (κ3) is 4.83. The third-order valence-corrected chi connectivity index (χ3v) is 6.03. The van der Waals surface area contributed by atoms with E-state index in [0.717, 1.165) is 15.6 Å². The second-order valence-corrected chi connectivity index (χ2v) is 8.34. The van der Waals surface area contributed by atoms with Gasteiger partial charge in [0, 0.05) is 49.1 Å². The minimum absolute atomic E-state index is 0.0754. The van der Waals surface area contributed by atoms with Crippen LogP contribution in [-0.2, 0) is 16.0 Å². The molecule has 7 nitrogen and oxygen atoms in total. The number of nitrogens with zero attached hydrogens (tertiary/aromatic N) is 3. The maximum atomic E-state index is 12.9. The molecule has 3 heterocycles. The van der Waals surface area contributed by atoms with Crippen molar-refractivity contribution < 1.29 is 9.59 Å². The van der Waals surface area contributed by atoms with E-state index in [1.165, 1.54) is 0 Å². The summed E-state index contributed by atoms with van der Waals surface area (Å²) in [6.07, 6.45) is 4.64. The van der Waals surface area contributed by atoms with Gasteiger partial charge in [-0.2, -0.15) is 0 Å². The van der Waals surface area contributed by atoms with Crippen molar-refractivity contribution in [3.05, 3.63) is 64.4 Å². The van der Waals surface area contributed by atoms with E-state index in [2.05, 4.69) is 31.8 Å². The lowest BCUT2D eigenvalue weighted by atomic mass is 10.0. The molecular weight excluding hydrogens is 434 g/mol. The number of hydrazine groups is 1. The van der Waals surface area contributed by atoms with Gasteiger partial charge in [-0.3, -0.25) is 14.6 Å². The Balaban J connectivity index is 1.26. The molecule has 8 heteroatoms. The lowest BCUT2D eigenvalue weighted by Crippen LogP contribution is -2.54. The number of pyridine rings is 1. The van der Waals surface area contributed by atoms with Crippen LogP contribution in [0.4, 0.5) is 0 Å². The maximum Gasteiger partial charge on any atom is 0.241 e. The SMILES string of the molecule is O=C(Cc1ccc(Br)cc1)N1CCN(C(=O)C2CC(c3cccnc3)NN2)CC1. The van der Waals surface area contributed by atoms with E-state index >= 15 is 0 Å². The molecule has 0 aliphatic carbocycles. The first kappa shape index (κ1) is 20.0. The van der Waals surface area contributed by atoms with Crippen molar-refractivity contribution in [2.45, 2.75) is 24.9 Å². The largest absolute Gasteiger partial charge is 0.339 e. The van der Waals surface area contributed by atoms with Crippen molar-refractivity contribution >= 4 is 27.7 Å². The summed E-state index contributed by atoms with van der Waals surface area (Å²) in [4.78, 5) is 33.3. The van der Waals surface area contributed by atoms with Gasteiger partial charge in [0.2, 0.25) is 11.8 Å². The van der Waals surface area contributed by atoms with E-state index in [1.807, 2.05) is 52.4 Å². The number of hydrogen-bond donors (Lipinski definition) is 2. The fourth-order valence-electron chi connectivity index (χ4n) is 3.80. The Bertz CT molecular complexity index is 853. The molecule has 1 aromatic heterocycles. The number of aromatic nitrogens is 1. The molecule has 29 heavy (non-hydrogen) atoms. The third-order valence-electron chi connectivity index (χ3n) is 5.50. The van der Waals surface area contributed by atoms with Crippen LogP contribution >= 0.6 is 15.9 Å². The zero-order valence-corrected chi connectivity index (χ0v) is 17.6. The molecule has 2 aliphatic rings. The Hall–Kier alpha value is -2.29. The monoisotopic (exact) mass is 457 g/mol. The average Bonchev–Trinajstić information content (AvgIpc) is 3.26. The van der Waals surface area contributed by atoms with E-state index in [4.69, 9.17) is 0 Å². The highest BCUT2D eigenvalue weighted by Crippen LogP contribution is 2.22. The zero-order chi connectivity index (χ0) is 20.2. The van der Waals surface area contributed by atoms with Crippen LogP contribution in [0, 0.1) is 0 Å². The summed E-state index contributed by atoms with van der Waals surface area (Å²) in [5, 5.41) is 0. The van der Waals surface area contributed by atoms with Gasteiger partial charge in [0.1, 0.15) is 6.04 Å². The topological polar surface area (TPSA) is 77.6 Å². The number of hydrogen-bond acceptors (Lipinski definition) is 5. The number of rotatable bonds is 4. The molecule has 0 bridgehead atoms. The summed E-state index contributed by atoms with van der Waals surface area (Å²) < 4.78 is 1.00. The number of halogens is 1. The highest BCUT2D eigenvalue weighted by atomic mass is 79.9. The maximum absolute atomic E-state index is 12.9. The van der Waals surface area contributed by atoms with Crippen molar-refractivity contribution in [3.63, 3.8) is 0 Å². The van der Waals surface area contributed by atoms with E-state index in [-0.39, 0.29) is 23.9 Å². The highest BCUT2D eigenvalue weighted by Gasteiger charge is 2.34. The van der Waals surface area contributed by atoms with Gasteiger partial charge in [-0.15, -0.1) is 0 Å². The summed E-state index contributed by atoms with van der Waals surface area (Å²) in [7, 11) is 0. The number of amides is 2. The fraction of sp³-hybridized carbons (Fsp3) is 0.381. The highest BCUT2D eigenvalue weighted by molar-refractivity contribution is 9.10. The van der Waals surface area contributed by atoms with Gasteiger partial charge in [-0.1, -0.05) is 34.1 Å². The summed E-state index contributed by atoms with van der Waals surface area (Å²) in [6.45, 7) is 2.29. The van der Waals surface area contributed by atoms with E-state index in [9.17, 15) is 9.59 Å². The molecule has 0 spiro atoms. The molecule has 2 amide bonds. The van der Waals surface area contributed by atoms with Crippen LogP contribution in [0.15, 0.2) is 53.3 Å². The first-order chi connectivity index (χ1) is 14.1. The lowest BCUT2D eigenvalue weighted by molar-refractivity contribution is -0.140. The van der Waals surface area contributed by atoms with E-state index in [1.54, 1.807) is 6.20 Å². The molecule has 2 fully saturated rings.